The van der Waals surface area contributed by atoms with Crippen molar-refractivity contribution in [2.75, 3.05) is 19.6 Å². The van der Waals surface area contributed by atoms with Gasteiger partial charge >= 0.3 is 0 Å². The van der Waals surface area contributed by atoms with Crippen LogP contribution in [-0.4, -0.2) is 50.0 Å². The van der Waals surface area contributed by atoms with Crippen molar-refractivity contribution in [3.05, 3.63) is 72.6 Å². The lowest BCUT2D eigenvalue weighted by Gasteiger charge is -2.33. The van der Waals surface area contributed by atoms with Gasteiger partial charge in [0.1, 0.15) is 12.4 Å². The molecule has 1 aliphatic heterocycles. The third kappa shape index (κ3) is 5.10. The van der Waals surface area contributed by atoms with Gasteiger partial charge in [0, 0.05) is 25.1 Å². The van der Waals surface area contributed by atoms with E-state index >= 15 is 0 Å². The lowest BCUT2D eigenvalue weighted by atomic mass is 10.0. The Balaban J connectivity index is 1.45. The summed E-state index contributed by atoms with van der Waals surface area (Å²) >= 11 is 0. The van der Waals surface area contributed by atoms with E-state index in [0.717, 1.165) is 44.5 Å². The molecule has 0 spiro atoms. The first kappa shape index (κ1) is 20.2. The molecule has 4 rings (SSSR count). The molecule has 1 aliphatic rings. The smallest absolute Gasteiger partial charge is 0.243 e. The molecule has 0 saturated carbocycles. The van der Waals surface area contributed by atoms with Crippen LogP contribution in [0.25, 0.3) is 5.95 Å². The Morgan fingerprint density at radius 2 is 1.90 bits per heavy atom. The van der Waals surface area contributed by atoms with E-state index in [9.17, 15) is 4.79 Å². The second-order valence-electron chi connectivity index (χ2n) is 7.63. The van der Waals surface area contributed by atoms with E-state index in [-0.39, 0.29) is 5.91 Å². The van der Waals surface area contributed by atoms with Crippen LogP contribution in [-0.2, 0) is 11.2 Å². The van der Waals surface area contributed by atoms with Crippen molar-refractivity contribution in [1.82, 2.24) is 29.7 Å². The molecular formula is C23H28N6O. The Hall–Kier alpha value is -3.06. The number of likely N-dealkylation sites (tertiary alicyclic amines) is 1. The fourth-order valence-corrected chi connectivity index (χ4v) is 3.93. The zero-order valence-corrected chi connectivity index (χ0v) is 17.2. The summed E-state index contributed by atoms with van der Waals surface area (Å²) in [6.45, 7) is 2.47. The maximum Gasteiger partial charge on any atom is 0.243 e. The number of rotatable bonds is 8. The van der Waals surface area contributed by atoms with Crippen molar-refractivity contribution in [2.24, 2.45) is 0 Å². The predicted octanol–water partition coefficient (Wildman–Crippen LogP) is 2.94. The molecule has 3 heterocycles. The van der Waals surface area contributed by atoms with Crippen LogP contribution < -0.4 is 5.32 Å². The zero-order valence-electron chi connectivity index (χ0n) is 17.2. The molecule has 1 unspecified atom stereocenters. The van der Waals surface area contributed by atoms with Crippen LogP contribution in [0.2, 0.25) is 0 Å². The van der Waals surface area contributed by atoms with Gasteiger partial charge in [-0.05, 0) is 50.4 Å². The molecule has 1 atom stereocenters. The number of aromatic nitrogens is 4. The minimum absolute atomic E-state index is 0.0141. The van der Waals surface area contributed by atoms with Crippen LogP contribution in [0.4, 0.5) is 0 Å². The number of nitrogens with zero attached hydrogens (tertiary/aromatic N) is 5. The minimum atomic E-state index is -0.396. The number of hydrogen-bond acceptors (Lipinski definition) is 5. The number of piperidine rings is 1. The lowest BCUT2D eigenvalue weighted by Crippen LogP contribution is -2.43. The summed E-state index contributed by atoms with van der Waals surface area (Å²) in [5.41, 5.74) is 2.02. The Bertz CT molecular complexity index is 922. The molecule has 0 aliphatic carbocycles. The largest absolute Gasteiger partial charge is 0.354 e. The first-order valence-electron chi connectivity index (χ1n) is 10.7. The van der Waals surface area contributed by atoms with E-state index in [1.54, 1.807) is 29.5 Å². The number of nitrogens with one attached hydrogen (secondary N) is 1. The highest BCUT2D eigenvalue weighted by Gasteiger charge is 2.30. The molecule has 7 nitrogen and oxygen atoms in total. The molecule has 1 fully saturated rings. The normalized spacial score (nSPS) is 15.6. The molecule has 3 aromatic rings. The number of carbonyl (C=O) groups is 1. The SMILES string of the molecule is O=C(NCCCc1ccccc1)C(c1ccnc(-n2ccnc2)n1)N1CCCCC1. The Morgan fingerprint density at radius 3 is 2.67 bits per heavy atom. The van der Waals surface area contributed by atoms with Gasteiger partial charge in [0.2, 0.25) is 11.9 Å². The number of benzene rings is 1. The molecule has 1 aromatic carbocycles. The highest BCUT2D eigenvalue weighted by Crippen LogP contribution is 2.24. The van der Waals surface area contributed by atoms with Crippen LogP contribution in [0.1, 0.15) is 43.0 Å². The van der Waals surface area contributed by atoms with Gasteiger partial charge in [-0.25, -0.2) is 15.0 Å². The molecule has 1 saturated heterocycles. The zero-order chi connectivity index (χ0) is 20.6. The Morgan fingerprint density at radius 1 is 1.07 bits per heavy atom. The van der Waals surface area contributed by atoms with Crippen LogP contribution >= 0.6 is 0 Å². The topological polar surface area (TPSA) is 75.9 Å². The number of carbonyl (C=O) groups excluding carboxylic acids is 1. The minimum Gasteiger partial charge on any atom is -0.354 e. The van der Waals surface area contributed by atoms with Gasteiger partial charge in [-0.3, -0.25) is 14.3 Å². The molecule has 7 heteroatoms. The summed E-state index contributed by atoms with van der Waals surface area (Å²) in [6.07, 6.45) is 12.2. The van der Waals surface area contributed by atoms with Crippen molar-refractivity contribution in [2.45, 2.75) is 38.1 Å². The lowest BCUT2D eigenvalue weighted by molar-refractivity contribution is -0.127. The Labute approximate surface area is 177 Å². The van der Waals surface area contributed by atoms with Gasteiger partial charge in [-0.2, -0.15) is 0 Å². The van der Waals surface area contributed by atoms with Gasteiger partial charge < -0.3 is 5.32 Å². The second-order valence-corrected chi connectivity index (χ2v) is 7.63. The monoisotopic (exact) mass is 404 g/mol. The van der Waals surface area contributed by atoms with Crippen molar-refractivity contribution < 1.29 is 4.79 Å². The van der Waals surface area contributed by atoms with Crippen molar-refractivity contribution in [3.8, 4) is 5.95 Å². The molecule has 2 aromatic heterocycles. The van der Waals surface area contributed by atoms with Crippen LogP contribution in [0.5, 0.6) is 0 Å². The van der Waals surface area contributed by atoms with E-state index in [1.807, 2.05) is 24.3 Å². The van der Waals surface area contributed by atoms with Crippen LogP contribution in [0, 0.1) is 0 Å². The van der Waals surface area contributed by atoms with E-state index in [1.165, 1.54) is 12.0 Å². The first-order chi connectivity index (χ1) is 14.8. The fraction of sp³-hybridized carbons (Fsp3) is 0.391. The molecule has 30 heavy (non-hydrogen) atoms. The highest BCUT2D eigenvalue weighted by molar-refractivity contribution is 5.82. The van der Waals surface area contributed by atoms with Gasteiger partial charge in [-0.1, -0.05) is 36.8 Å². The molecule has 1 N–H and O–H groups in total. The predicted molar refractivity (Wildman–Crippen MR) is 115 cm³/mol. The first-order valence-corrected chi connectivity index (χ1v) is 10.7. The molecule has 0 bridgehead atoms. The van der Waals surface area contributed by atoms with Gasteiger partial charge in [-0.15, -0.1) is 0 Å². The maximum absolute atomic E-state index is 13.2. The summed E-state index contributed by atoms with van der Waals surface area (Å²) < 4.78 is 1.76. The van der Waals surface area contributed by atoms with Crippen molar-refractivity contribution in [3.63, 3.8) is 0 Å². The third-order valence-corrected chi connectivity index (χ3v) is 5.47. The standard InChI is InChI=1S/C23H28N6O/c30-22(25-12-7-10-19-8-3-1-4-9-19)21(28-15-5-2-6-16-28)20-11-13-26-23(27-20)29-17-14-24-18-29/h1,3-4,8-9,11,13-14,17-18,21H,2,5-7,10,12,15-16H2,(H,25,30). The molecule has 156 valence electrons. The Kier molecular flexibility index (Phi) is 6.82. The molecule has 1 amide bonds. The summed E-state index contributed by atoms with van der Waals surface area (Å²) in [7, 11) is 0. The van der Waals surface area contributed by atoms with Gasteiger partial charge in [0.15, 0.2) is 0 Å². The number of aryl methyl sites for hydroxylation is 1. The molecular weight excluding hydrogens is 376 g/mol. The van der Waals surface area contributed by atoms with Crippen LogP contribution in [0.3, 0.4) is 0 Å². The van der Waals surface area contributed by atoms with Gasteiger partial charge in [0.25, 0.3) is 0 Å². The highest BCUT2D eigenvalue weighted by atomic mass is 16.2. The summed E-state index contributed by atoms with van der Waals surface area (Å²) in [5.74, 6) is 0.545. The molecule has 0 radical (unpaired) electrons. The fourth-order valence-electron chi connectivity index (χ4n) is 3.93. The summed E-state index contributed by atoms with van der Waals surface area (Å²) in [6, 6.07) is 11.8. The average Bonchev–Trinajstić information content (AvgIpc) is 3.34. The van der Waals surface area contributed by atoms with Crippen LogP contribution in [0.15, 0.2) is 61.3 Å². The van der Waals surface area contributed by atoms with E-state index in [4.69, 9.17) is 4.98 Å². The van der Waals surface area contributed by atoms with E-state index < -0.39 is 6.04 Å². The third-order valence-electron chi connectivity index (χ3n) is 5.47. The van der Waals surface area contributed by atoms with E-state index in [2.05, 4.69) is 32.3 Å². The second kappa shape index (κ2) is 10.1. The quantitative estimate of drug-likeness (QED) is 0.584. The number of imidazole rings is 1. The summed E-state index contributed by atoms with van der Waals surface area (Å²) in [5, 5.41) is 3.14. The average molecular weight is 405 g/mol. The van der Waals surface area contributed by atoms with E-state index in [0.29, 0.717) is 12.5 Å². The number of amides is 1. The maximum atomic E-state index is 13.2. The van der Waals surface area contributed by atoms with Crippen molar-refractivity contribution in [1.29, 1.82) is 0 Å². The number of hydrogen-bond donors (Lipinski definition) is 1. The summed E-state index contributed by atoms with van der Waals surface area (Å²) in [4.78, 5) is 28.6. The van der Waals surface area contributed by atoms with Crippen molar-refractivity contribution >= 4 is 5.91 Å². The van der Waals surface area contributed by atoms with Gasteiger partial charge in [0.05, 0.1) is 5.69 Å².